The van der Waals surface area contributed by atoms with Gasteiger partial charge in [0.1, 0.15) is 5.75 Å². The van der Waals surface area contributed by atoms with E-state index in [2.05, 4.69) is 4.90 Å². The minimum atomic E-state index is -0.0783. The normalized spacial score (nSPS) is 14.0. The zero-order valence-corrected chi connectivity index (χ0v) is 17.6. The number of hydrogen-bond acceptors (Lipinski definition) is 5. The molecule has 156 valence electrons. The summed E-state index contributed by atoms with van der Waals surface area (Å²) in [6, 6.07) is 10.5. The number of hydrogen-bond donors (Lipinski definition) is 1. The second kappa shape index (κ2) is 9.74. The van der Waals surface area contributed by atoms with E-state index in [0.29, 0.717) is 61.5 Å². The number of nitrogens with zero attached hydrogens (tertiary/aromatic N) is 2. The van der Waals surface area contributed by atoms with Gasteiger partial charge in [-0.25, -0.2) is 0 Å². The highest BCUT2D eigenvalue weighted by molar-refractivity contribution is 6.32. The van der Waals surface area contributed by atoms with Crippen LogP contribution in [0, 0.1) is 0 Å². The lowest BCUT2D eigenvalue weighted by Crippen LogP contribution is -2.48. The molecule has 1 aliphatic rings. The Bertz CT molecular complexity index is 851. The first kappa shape index (κ1) is 21.1. The molecule has 2 aromatic carbocycles. The zero-order chi connectivity index (χ0) is 20.8. The Labute approximate surface area is 176 Å². The lowest BCUT2D eigenvalue weighted by molar-refractivity contribution is 0.0746. The molecule has 0 aromatic heterocycles. The summed E-state index contributed by atoms with van der Waals surface area (Å²) in [6.45, 7) is 7.45. The van der Waals surface area contributed by atoms with E-state index in [1.807, 2.05) is 30.9 Å². The Kier molecular flexibility index (Phi) is 7.09. The lowest BCUT2D eigenvalue weighted by Gasteiger charge is -2.36. The first-order valence-electron chi connectivity index (χ1n) is 9.95. The maximum Gasteiger partial charge on any atom is 0.254 e. The third-order valence-electron chi connectivity index (χ3n) is 4.77. The molecule has 0 atom stereocenters. The third kappa shape index (κ3) is 5.07. The average molecular weight is 419 g/mol. The molecule has 0 radical (unpaired) electrons. The van der Waals surface area contributed by atoms with Crippen molar-refractivity contribution in [2.75, 3.05) is 44.3 Å². The number of halogens is 1. The quantitative estimate of drug-likeness (QED) is 0.730. The van der Waals surface area contributed by atoms with Gasteiger partial charge in [0.2, 0.25) is 0 Å². The van der Waals surface area contributed by atoms with E-state index in [9.17, 15) is 9.90 Å². The maximum absolute atomic E-state index is 13.0. The van der Waals surface area contributed by atoms with Gasteiger partial charge in [0.15, 0.2) is 11.5 Å². The number of benzene rings is 2. The van der Waals surface area contributed by atoms with Crippen LogP contribution >= 0.6 is 11.6 Å². The predicted molar refractivity (Wildman–Crippen MR) is 115 cm³/mol. The summed E-state index contributed by atoms with van der Waals surface area (Å²) in [4.78, 5) is 17.0. The van der Waals surface area contributed by atoms with Gasteiger partial charge < -0.3 is 24.4 Å². The Hall–Kier alpha value is -2.60. The summed E-state index contributed by atoms with van der Waals surface area (Å²) < 4.78 is 11.4. The topological polar surface area (TPSA) is 62.2 Å². The van der Waals surface area contributed by atoms with Gasteiger partial charge in [-0.15, -0.1) is 0 Å². The summed E-state index contributed by atoms with van der Waals surface area (Å²) in [5, 5.41) is 10.1. The van der Waals surface area contributed by atoms with Crippen molar-refractivity contribution in [2.45, 2.75) is 20.3 Å². The van der Waals surface area contributed by atoms with Crippen LogP contribution in [-0.2, 0) is 0 Å². The number of rotatable bonds is 7. The van der Waals surface area contributed by atoms with Crippen LogP contribution in [0.5, 0.6) is 17.2 Å². The van der Waals surface area contributed by atoms with Crippen LogP contribution in [0.15, 0.2) is 36.4 Å². The van der Waals surface area contributed by atoms with Crippen molar-refractivity contribution in [1.82, 2.24) is 4.90 Å². The number of amides is 1. The maximum atomic E-state index is 13.0. The molecule has 0 unspecified atom stereocenters. The predicted octanol–water partition coefficient (Wildman–Crippen LogP) is 4.20. The van der Waals surface area contributed by atoms with Crippen LogP contribution < -0.4 is 14.4 Å². The molecule has 3 rings (SSSR count). The molecule has 1 heterocycles. The van der Waals surface area contributed by atoms with Crippen molar-refractivity contribution in [1.29, 1.82) is 0 Å². The van der Waals surface area contributed by atoms with Crippen molar-refractivity contribution in [3.8, 4) is 17.2 Å². The van der Waals surface area contributed by atoms with E-state index in [1.54, 1.807) is 24.3 Å². The van der Waals surface area contributed by atoms with Gasteiger partial charge in [-0.1, -0.05) is 24.6 Å². The smallest absolute Gasteiger partial charge is 0.254 e. The lowest BCUT2D eigenvalue weighted by atomic mass is 10.1. The molecule has 1 amide bonds. The molecular weight excluding hydrogens is 392 g/mol. The molecule has 29 heavy (non-hydrogen) atoms. The second-order valence-corrected chi connectivity index (χ2v) is 7.27. The molecule has 0 bridgehead atoms. The van der Waals surface area contributed by atoms with Crippen molar-refractivity contribution in [3.05, 3.63) is 47.0 Å². The largest absolute Gasteiger partial charge is 0.508 e. The summed E-state index contributed by atoms with van der Waals surface area (Å²) >= 11 is 6.40. The van der Waals surface area contributed by atoms with Crippen molar-refractivity contribution < 1.29 is 19.4 Å². The van der Waals surface area contributed by atoms with E-state index < -0.39 is 0 Å². The van der Waals surface area contributed by atoms with Crippen molar-refractivity contribution in [3.63, 3.8) is 0 Å². The first-order valence-corrected chi connectivity index (χ1v) is 10.3. The fourth-order valence-electron chi connectivity index (χ4n) is 3.34. The van der Waals surface area contributed by atoms with Gasteiger partial charge in [0.25, 0.3) is 5.91 Å². The van der Waals surface area contributed by atoms with Gasteiger partial charge in [-0.2, -0.15) is 0 Å². The molecule has 0 aliphatic carbocycles. The number of piperazine rings is 1. The van der Waals surface area contributed by atoms with Crippen LogP contribution in [0.25, 0.3) is 0 Å². The number of ether oxygens (including phenoxy) is 2. The molecule has 1 aliphatic heterocycles. The Balaban J connectivity index is 1.72. The third-order valence-corrected chi connectivity index (χ3v) is 5.05. The van der Waals surface area contributed by atoms with Gasteiger partial charge in [0, 0.05) is 43.5 Å². The van der Waals surface area contributed by atoms with E-state index in [4.69, 9.17) is 21.1 Å². The summed E-state index contributed by atoms with van der Waals surface area (Å²) in [7, 11) is 0. The number of carbonyl (C=O) groups excluding carboxylic acids is 1. The number of aromatic hydroxyl groups is 1. The van der Waals surface area contributed by atoms with Gasteiger partial charge >= 0.3 is 0 Å². The second-order valence-electron chi connectivity index (χ2n) is 6.87. The van der Waals surface area contributed by atoms with Gasteiger partial charge in [0.05, 0.1) is 18.2 Å². The minimum absolute atomic E-state index is 0.0783. The summed E-state index contributed by atoms with van der Waals surface area (Å²) in [6.07, 6.45) is 0.853. The van der Waals surface area contributed by atoms with Crippen molar-refractivity contribution in [2.24, 2.45) is 0 Å². The summed E-state index contributed by atoms with van der Waals surface area (Å²) in [5.74, 6) is 1.14. The van der Waals surface area contributed by atoms with Crippen molar-refractivity contribution >= 4 is 23.2 Å². The first-order chi connectivity index (χ1) is 14.0. The van der Waals surface area contributed by atoms with Crippen LogP contribution in [0.4, 0.5) is 5.69 Å². The highest BCUT2D eigenvalue weighted by atomic mass is 35.5. The molecule has 1 N–H and O–H groups in total. The van der Waals surface area contributed by atoms with Crippen LogP contribution in [0.2, 0.25) is 5.02 Å². The average Bonchev–Trinajstić information content (AvgIpc) is 2.73. The van der Waals surface area contributed by atoms with E-state index in [-0.39, 0.29) is 11.7 Å². The molecule has 1 fully saturated rings. The fourth-order valence-corrected chi connectivity index (χ4v) is 3.60. The van der Waals surface area contributed by atoms with Crippen LogP contribution in [0.3, 0.4) is 0 Å². The number of carbonyl (C=O) groups is 1. The highest BCUT2D eigenvalue weighted by Gasteiger charge is 2.24. The molecule has 6 nitrogen and oxygen atoms in total. The molecule has 2 aromatic rings. The standard InChI is InChI=1S/C22H27ClN2O4/c1-3-12-29-21-19(23)13-16(14-20(21)28-4-2)22(27)25-10-8-24(9-11-25)17-6-5-7-18(26)15-17/h5-7,13-15,26H,3-4,8-12H2,1-2H3. The molecule has 7 heteroatoms. The Morgan fingerprint density at radius 1 is 1.10 bits per heavy atom. The fraction of sp³-hybridized carbons (Fsp3) is 0.409. The van der Waals surface area contributed by atoms with Gasteiger partial charge in [-0.3, -0.25) is 4.79 Å². The van der Waals surface area contributed by atoms with E-state index in [0.717, 1.165) is 12.1 Å². The molecule has 0 saturated carbocycles. The highest BCUT2D eigenvalue weighted by Crippen LogP contribution is 2.37. The Morgan fingerprint density at radius 2 is 1.86 bits per heavy atom. The van der Waals surface area contributed by atoms with E-state index >= 15 is 0 Å². The number of phenols is 1. The van der Waals surface area contributed by atoms with E-state index in [1.165, 1.54) is 0 Å². The SMILES string of the molecule is CCCOc1c(Cl)cc(C(=O)N2CCN(c3cccc(O)c3)CC2)cc1OCC. The number of phenolic OH excluding ortho intramolecular Hbond substituents is 1. The Morgan fingerprint density at radius 3 is 2.52 bits per heavy atom. The molecular formula is C22H27ClN2O4. The van der Waals surface area contributed by atoms with Crippen LogP contribution in [0.1, 0.15) is 30.6 Å². The minimum Gasteiger partial charge on any atom is -0.508 e. The van der Waals surface area contributed by atoms with Crippen LogP contribution in [-0.4, -0.2) is 55.3 Å². The number of anilines is 1. The molecule has 0 spiro atoms. The van der Waals surface area contributed by atoms with Gasteiger partial charge in [-0.05, 0) is 37.6 Å². The summed E-state index contributed by atoms with van der Waals surface area (Å²) in [5.41, 5.74) is 1.45. The zero-order valence-electron chi connectivity index (χ0n) is 16.9. The monoisotopic (exact) mass is 418 g/mol. The molecule has 1 saturated heterocycles.